The van der Waals surface area contributed by atoms with Crippen LogP contribution in [0.5, 0.6) is 0 Å². The fourth-order valence-corrected chi connectivity index (χ4v) is 4.78. The second kappa shape index (κ2) is 10.7. The molecule has 0 atom stereocenters. The summed E-state index contributed by atoms with van der Waals surface area (Å²) in [5.74, 6) is -0.512. The summed E-state index contributed by atoms with van der Waals surface area (Å²) in [6, 6.07) is 10.4. The van der Waals surface area contributed by atoms with Gasteiger partial charge < -0.3 is 19.3 Å². The summed E-state index contributed by atoms with van der Waals surface area (Å²) in [6.07, 6.45) is 0.625. The van der Waals surface area contributed by atoms with Crippen LogP contribution in [0.1, 0.15) is 52.7 Å². The number of nitrogens with zero attached hydrogens (tertiary/aromatic N) is 3. The van der Waals surface area contributed by atoms with Crippen molar-refractivity contribution in [1.82, 2.24) is 4.90 Å². The van der Waals surface area contributed by atoms with Crippen LogP contribution in [0.15, 0.2) is 36.4 Å². The van der Waals surface area contributed by atoms with Gasteiger partial charge in [-0.1, -0.05) is 29.3 Å². The van der Waals surface area contributed by atoms with Gasteiger partial charge in [0.1, 0.15) is 11.2 Å². The molecule has 0 aliphatic carbocycles. The third-order valence-electron chi connectivity index (χ3n) is 6.06. The molecule has 4 rings (SSSR count). The number of carbonyl (C=O) groups is 3. The summed E-state index contributed by atoms with van der Waals surface area (Å²) in [4.78, 5) is 44.0. The standard InChI is InChI=1S/C29H33Cl2N3O5/c1-28(2,3)38-26(36)33-13-11-32(12-14-33)23-10-8-19(30)15-18(23)16-22-21-9-7-20(31)17-24(21)34(25(22)35)27(37)39-29(4,5)6/h7-10,15-17H,11-14H2,1-6H3/b22-16+. The van der Waals surface area contributed by atoms with E-state index in [4.69, 9.17) is 32.7 Å². The summed E-state index contributed by atoms with van der Waals surface area (Å²) in [5, 5.41) is 0.895. The summed E-state index contributed by atoms with van der Waals surface area (Å²) >= 11 is 12.6. The van der Waals surface area contributed by atoms with E-state index >= 15 is 0 Å². The van der Waals surface area contributed by atoms with Crippen LogP contribution in [0.4, 0.5) is 21.0 Å². The zero-order valence-electron chi connectivity index (χ0n) is 23.0. The van der Waals surface area contributed by atoms with Crippen molar-refractivity contribution in [3.63, 3.8) is 0 Å². The van der Waals surface area contributed by atoms with Crippen LogP contribution in [0.3, 0.4) is 0 Å². The molecule has 0 bridgehead atoms. The molecule has 2 aliphatic heterocycles. The number of benzene rings is 2. The molecule has 2 aliphatic rings. The number of halogens is 2. The highest BCUT2D eigenvalue weighted by Gasteiger charge is 2.39. The zero-order valence-corrected chi connectivity index (χ0v) is 24.5. The molecule has 0 N–H and O–H groups in total. The highest BCUT2D eigenvalue weighted by atomic mass is 35.5. The number of ether oxygens (including phenoxy) is 2. The van der Waals surface area contributed by atoms with E-state index < -0.39 is 23.2 Å². The van der Waals surface area contributed by atoms with Gasteiger partial charge in [-0.2, -0.15) is 0 Å². The molecule has 1 fully saturated rings. The molecular formula is C29H33Cl2N3O5. The first-order valence-corrected chi connectivity index (χ1v) is 13.5. The summed E-state index contributed by atoms with van der Waals surface area (Å²) in [5.41, 5.74) is 1.47. The van der Waals surface area contributed by atoms with Gasteiger partial charge in [-0.25, -0.2) is 14.5 Å². The molecule has 39 heavy (non-hydrogen) atoms. The maximum Gasteiger partial charge on any atom is 0.422 e. The maximum absolute atomic E-state index is 13.6. The Morgan fingerprint density at radius 1 is 0.795 bits per heavy atom. The number of hydrogen-bond acceptors (Lipinski definition) is 6. The normalized spacial score (nSPS) is 17.0. The third kappa shape index (κ3) is 6.68. The van der Waals surface area contributed by atoms with Crippen LogP contribution in [0.2, 0.25) is 10.0 Å². The van der Waals surface area contributed by atoms with Crippen molar-refractivity contribution in [2.24, 2.45) is 0 Å². The van der Waals surface area contributed by atoms with Crippen molar-refractivity contribution in [2.75, 3.05) is 36.0 Å². The summed E-state index contributed by atoms with van der Waals surface area (Å²) < 4.78 is 11.0. The Morgan fingerprint density at radius 3 is 1.97 bits per heavy atom. The monoisotopic (exact) mass is 573 g/mol. The van der Waals surface area contributed by atoms with E-state index in [2.05, 4.69) is 4.90 Å². The average Bonchev–Trinajstić information content (AvgIpc) is 3.07. The molecule has 3 amide bonds. The van der Waals surface area contributed by atoms with E-state index in [1.54, 1.807) is 62.1 Å². The number of fused-ring (bicyclic) bond motifs is 1. The number of carbonyl (C=O) groups excluding carboxylic acids is 3. The first kappa shape index (κ1) is 28.8. The highest BCUT2D eigenvalue weighted by Crippen LogP contribution is 2.41. The van der Waals surface area contributed by atoms with Gasteiger partial charge in [0.05, 0.1) is 11.3 Å². The SMILES string of the molecule is CC(C)(C)OC(=O)N1CCN(c2ccc(Cl)cc2/C=C2/C(=O)N(C(=O)OC(C)(C)C)c3cc(Cl)ccc32)CC1. The Kier molecular flexibility index (Phi) is 7.92. The first-order valence-electron chi connectivity index (χ1n) is 12.7. The number of rotatable bonds is 2. The van der Waals surface area contributed by atoms with Crippen LogP contribution in [-0.2, 0) is 14.3 Å². The van der Waals surface area contributed by atoms with Gasteiger partial charge in [-0.05, 0) is 78.0 Å². The number of hydrogen-bond donors (Lipinski definition) is 0. The van der Waals surface area contributed by atoms with E-state index in [0.29, 0.717) is 58.6 Å². The lowest BCUT2D eigenvalue weighted by Crippen LogP contribution is -2.50. The zero-order chi connectivity index (χ0) is 28.7. The van der Waals surface area contributed by atoms with Crippen molar-refractivity contribution in [1.29, 1.82) is 0 Å². The van der Waals surface area contributed by atoms with Crippen LogP contribution >= 0.6 is 23.2 Å². The average molecular weight is 575 g/mol. The Balaban J connectivity index is 1.66. The predicted octanol–water partition coefficient (Wildman–Crippen LogP) is 6.87. The second-order valence-electron chi connectivity index (χ2n) is 11.5. The van der Waals surface area contributed by atoms with Crippen molar-refractivity contribution in [2.45, 2.75) is 52.7 Å². The molecule has 10 heteroatoms. The van der Waals surface area contributed by atoms with Crippen LogP contribution in [0, 0.1) is 0 Å². The van der Waals surface area contributed by atoms with Gasteiger partial charge in [0, 0.05) is 53.0 Å². The molecule has 0 spiro atoms. The quantitative estimate of drug-likeness (QED) is 0.364. The van der Waals surface area contributed by atoms with Crippen LogP contribution in [0.25, 0.3) is 11.6 Å². The van der Waals surface area contributed by atoms with Crippen molar-refractivity contribution >= 4 is 64.3 Å². The number of imide groups is 1. The van der Waals surface area contributed by atoms with Crippen LogP contribution < -0.4 is 9.80 Å². The topological polar surface area (TPSA) is 79.4 Å². The molecule has 0 radical (unpaired) electrons. The number of amides is 3. The van der Waals surface area contributed by atoms with Gasteiger partial charge >= 0.3 is 12.2 Å². The highest BCUT2D eigenvalue weighted by molar-refractivity contribution is 6.42. The second-order valence-corrected chi connectivity index (χ2v) is 12.4. The summed E-state index contributed by atoms with van der Waals surface area (Å²) in [7, 11) is 0. The first-order chi connectivity index (χ1) is 18.1. The minimum absolute atomic E-state index is 0.323. The molecule has 8 nitrogen and oxygen atoms in total. The predicted molar refractivity (Wildman–Crippen MR) is 155 cm³/mol. The fourth-order valence-electron chi connectivity index (χ4n) is 4.43. The van der Waals surface area contributed by atoms with Crippen LogP contribution in [-0.4, -0.2) is 60.4 Å². The largest absolute Gasteiger partial charge is 0.444 e. The van der Waals surface area contributed by atoms with Crippen molar-refractivity contribution in [3.8, 4) is 0 Å². The van der Waals surface area contributed by atoms with Gasteiger partial charge in [0.25, 0.3) is 5.91 Å². The Hall–Kier alpha value is -3.23. The maximum atomic E-state index is 13.6. The van der Waals surface area contributed by atoms with Crippen molar-refractivity contribution < 1.29 is 23.9 Å². The van der Waals surface area contributed by atoms with E-state index in [9.17, 15) is 14.4 Å². The van der Waals surface area contributed by atoms with Gasteiger partial charge in [-0.15, -0.1) is 0 Å². The Morgan fingerprint density at radius 2 is 1.36 bits per heavy atom. The molecule has 0 unspecified atom stereocenters. The fraction of sp³-hybridized carbons (Fsp3) is 0.414. The molecule has 1 saturated heterocycles. The van der Waals surface area contributed by atoms with Gasteiger partial charge in [-0.3, -0.25) is 4.79 Å². The van der Waals surface area contributed by atoms with E-state index in [-0.39, 0.29) is 6.09 Å². The smallest absolute Gasteiger partial charge is 0.422 e. The summed E-state index contributed by atoms with van der Waals surface area (Å²) in [6.45, 7) is 12.9. The lowest BCUT2D eigenvalue weighted by atomic mass is 10.0. The van der Waals surface area contributed by atoms with E-state index in [0.717, 1.165) is 10.6 Å². The van der Waals surface area contributed by atoms with Gasteiger partial charge in [0.15, 0.2) is 0 Å². The Labute approximate surface area is 239 Å². The Bertz CT molecular complexity index is 1340. The number of piperazine rings is 1. The van der Waals surface area contributed by atoms with Gasteiger partial charge in [0.2, 0.25) is 0 Å². The van der Waals surface area contributed by atoms with Crippen molar-refractivity contribution in [3.05, 3.63) is 57.6 Å². The van der Waals surface area contributed by atoms with E-state index in [1.807, 2.05) is 26.8 Å². The molecule has 208 valence electrons. The lowest BCUT2D eigenvalue weighted by molar-refractivity contribution is -0.112. The minimum Gasteiger partial charge on any atom is -0.444 e. The molecule has 0 aromatic heterocycles. The molecular weight excluding hydrogens is 541 g/mol. The lowest BCUT2D eigenvalue weighted by Gasteiger charge is -2.37. The molecule has 2 aromatic carbocycles. The third-order valence-corrected chi connectivity index (χ3v) is 6.53. The number of anilines is 2. The molecule has 2 aromatic rings. The molecule has 0 saturated carbocycles. The minimum atomic E-state index is -0.788. The van der Waals surface area contributed by atoms with E-state index in [1.165, 1.54) is 0 Å². The molecule has 2 heterocycles.